The number of halogens is 1. The van der Waals surface area contributed by atoms with Crippen LogP contribution in [0.5, 0.6) is 0 Å². The fourth-order valence-electron chi connectivity index (χ4n) is 4.21. The van der Waals surface area contributed by atoms with Gasteiger partial charge in [0.05, 0.1) is 11.2 Å². The van der Waals surface area contributed by atoms with Gasteiger partial charge in [0.15, 0.2) is 0 Å². The molecule has 4 nitrogen and oxygen atoms in total. The molecule has 1 amide bonds. The first kappa shape index (κ1) is 16.2. The molecule has 6 heteroatoms. The standard InChI is InChI=1S/C16H23N3OS.ClH/c17-13-10-2-1-3-11(13)7-12(6-10)15(20)19-16-14(9-4-5-9)18-8-21-16;/h8-13H,1-7,17H2,(H,19,20);1H. The lowest BCUT2D eigenvalue weighted by Gasteiger charge is -2.43. The number of carbonyl (C=O) groups is 1. The van der Waals surface area contributed by atoms with Gasteiger partial charge in [0.25, 0.3) is 0 Å². The normalized spacial score (nSPS) is 33.9. The fraction of sp³-hybridized carbons (Fsp3) is 0.750. The van der Waals surface area contributed by atoms with Gasteiger partial charge in [-0.2, -0.15) is 0 Å². The van der Waals surface area contributed by atoms with Crippen molar-refractivity contribution in [2.45, 2.75) is 56.9 Å². The van der Waals surface area contributed by atoms with Crippen LogP contribution in [-0.2, 0) is 4.79 Å². The van der Waals surface area contributed by atoms with E-state index < -0.39 is 0 Å². The molecule has 1 heterocycles. The quantitative estimate of drug-likeness (QED) is 0.883. The predicted octanol–water partition coefficient (Wildman–Crippen LogP) is 3.53. The van der Waals surface area contributed by atoms with Crippen molar-refractivity contribution in [1.82, 2.24) is 4.98 Å². The second-order valence-corrected chi connectivity index (χ2v) is 7.88. The molecule has 2 unspecified atom stereocenters. The molecule has 2 bridgehead atoms. The Balaban J connectivity index is 0.00000144. The first-order valence-electron chi connectivity index (χ1n) is 8.22. The molecule has 22 heavy (non-hydrogen) atoms. The molecule has 0 saturated heterocycles. The Bertz CT molecular complexity index is 531. The van der Waals surface area contributed by atoms with Gasteiger partial charge in [-0.15, -0.1) is 23.7 Å². The Morgan fingerprint density at radius 1 is 1.23 bits per heavy atom. The summed E-state index contributed by atoms with van der Waals surface area (Å²) in [7, 11) is 0. The molecule has 122 valence electrons. The van der Waals surface area contributed by atoms with Crippen LogP contribution in [0.25, 0.3) is 0 Å². The smallest absolute Gasteiger partial charge is 0.228 e. The molecule has 2 atom stereocenters. The van der Waals surface area contributed by atoms with Crippen LogP contribution in [0.15, 0.2) is 5.51 Å². The molecule has 0 aromatic carbocycles. The van der Waals surface area contributed by atoms with Gasteiger partial charge < -0.3 is 11.1 Å². The minimum atomic E-state index is 0. The van der Waals surface area contributed by atoms with E-state index in [0.717, 1.165) is 23.5 Å². The van der Waals surface area contributed by atoms with E-state index in [1.165, 1.54) is 32.1 Å². The summed E-state index contributed by atoms with van der Waals surface area (Å²) in [6, 6.07) is 0.327. The highest BCUT2D eigenvalue weighted by atomic mass is 35.5. The summed E-state index contributed by atoms with van der Waals surface area (Å²) in [5.74, 6) is 2.04. The Morgan fingerprint density at radius 3 is 2.55 bits per heavy atom. The molecule has 3 aliphatic carbocycles. The highest BCUT2D eigenvalue weighted by molar-refractivity contribution is 7.14. The van der Waals surface area contributed by atoms with Crippen LogP contribution in [0.3, 0.4) is 0 Å². The number of hydrogen-bond donors (Lipinski definition) is 2. The van der Waals surface area contributed by atoms with Gasteiger partial charge in [0.2, 0.25) is 5.91 Å². The van der Waals surface area contributed by atoms with E-state index >= 15 is 0 Å². The van der Waals surface area contributed by atoms with Crippen molar-refractivity contribution in [2.24, 2.45) is 23.5 Å². The van der Waals surface area contributed by atoms with Crippen LogP contribution in [0.2, 0.25) is 0 Å². The number of nitrogens with two attached hydrogens (primary N) is 1. The molecule has 0 radical (unpaired) electrons. The minimum absolute atomic E-state index is 0. The Morgan fingerprint density at radius 2 is 1.91 bits per heavy atom. The van der Waals surface area contributed by atoms with Crippen LogP contribution in [0.1, 0.15) is 56.6 Å². The topological polar surface area (TPSA) is 68.0 Å². The molecular weight excluding hydrogens is 318 g/mol. The third-order valence-corrected chi connectivity index (χ3v) is 6.34. The predicted molar refractivity (Wildman–Crippen MR) is 91.5 cm³/mol. The number of nitrogens with one attached hydrogen (secondary N) is 1. The first-order chi connectivity index (χ1) is 10.2. The zero-order chi connectivity index (χ0) is 14.4. The zero-order valence-corrected chi connectivity index (χ0v) is 14.3. The SMILES string of the molecule is Cl.NC1C2CCCC1CC(C(=O)Nc1scnc1C1CC1)C2. The second kappa shape index (κ2) is 6.46. The van der Waals surface area contributed by atoms with E-state index in [-0.39, 0.29) is 24.2 Å². The van der Waals surface area contributed by atoms with Gasteiger partial charge in [-0.3, -0.25) is 4.79 Å². The molecule has 3 N–H and O–H groups in total. The average Bonchev–Trinajstić information content (AvgIpc) is 3.19. The van der Waals surface area contributed by atoms with E-state index in [9.17, 15) is 4.79 Å². The maximum absolute atomic E-state index is 12.6. The number of hydrogen-bond acceptors (Lipinski definition) is 4. The largest absolute Gasteiger partial charge is 0.327 e. The highest BCUT2D eigenvalue weighted by Gasteiger charge is 2.41. The fourth-order valence-corrected chi connectivity index (χ4v) is 4.98. The summed E-state index contributed by atoms with van der Waals surface area (Å²) in [6.45, 7) is 0. The summed E-state index contributed by atoms with van der Waals surface area (Å²) < 4.78 is 0. The lowest BCUT2D eigenvalue weighted by Crippen LogP contribution is -2.48. The molecular formula is C16H24ClN3OS. The van der Waals surface area contributed by atoms with Crippen molar-refractivity contribution < 1.29 is 4.79 Å². The molecule has 3 aliphatic rings. The lowest BCUT2D eigenvalue weighted by atomic mass is 9.65. The van der Waals surface area contributed by atoms with Gasteiger partial charge in [-0.1, -0.05) is 6.42 Å². The van der Waals surface area contributed by atoms with E-state index in [0.29, 0.717) is 23.8 Å². The number of carbonyl (C=O) groups excluding carboxylic acids is 1. The van der Waals surface area contributed by atoms with Crippen LogP contribution in [0, 0.1) is 17.8 Å². The minimum Gasteiger partial charge on any atom is -0.327 e. The van der Waals surface area contributed by atoms with Crippen molar-refractivity contribution in [3.63, 3.8) is 0 Å². The van der Waals surface area contributed by atoms with E-state index in [2.05, 4.69) is 10.3 Å². The van der Waals surface area contributed by atoms with Gasteiger partial charge in [0.1, 0.15) is 5.00 Å². The Hall–Kier alpha value is -0.650. The first-order valence-corrected chi connectivity index (χ1v) is 9.10. The Kier molecular flexibility index (Phi) is 4.76. The summed E-state index contributed by atoms with van der Waals surface area (Å²) >= 11 is 1.56. The van der Waals surface area contributed by atoms with Crippen molar-refractivity contribution in [1.29, 1.82) is 0 Å². The molecule has 0 spiro atoms. The second-order valence-electron chi connectivity index (χ2n) is 7.03. The van der Waals surface area contributed by atoms with E-state index in [1.54, 1.807) is 11.3 Å². The van der Waals surface area contributed by atoms with Gasteiger partial charge in [-0.05, 0) is 50.4 Å². The monoisotopic (exact) mass is 341 g/mol. The Labute approximate surface area is 141 Å². The molecule has 1 aromatic rings. The molecule has 0 aliphatic heterocycles. The number of anilines is 1. The highest BCUT2D eigenvalue weighted by Crippen LogP contribution is 2.45. The van der Waals surface area contributed by atoms with Crippen molar-refractivity contribution >= 4 is 34.7 Å². The van der Waals surface area contributed by atoms with Gasteiger partial charge in [0, 0.05) is 17.9 Å². The molecule has 3 saturated carbocycles. The lowest BCUT2D eigenvalue weighted by molar-refractivity contribution is -0.122. The van der Waals surface area contributed by atoms with Crippen LogP contribution in [0.4, 0.5) is 5.00 Å². The number of amides is 1. The number of fused-ring (bicyclic) bond motifs is 2. The maximum Gasteiger partial charge on any atom is 0.228 e. The van der Waals surface area contributed by atoms with Crippen LogP contribution >= 0.6 is 23.7 Å². The number of thiazole rings is 1. The molecule has 4 rings (SSSR count). The summed E-state index contributed by atoms with van der Waals surface area (Å²) in [6.07, 6.45) is 8.08. The van der Waals surface area contributed by atoms with Gasteiger partial charge in [-0.25, -0.2) is 4.98 Å². The van der Waals surface area contributed by atoms with Crippen LogP contribution in [-0.4, -0.2) is 16.9 Å². The number of aromatic nitrogens is 1. The third-order valence-electron chi connectivity index (χ3n) is 5.58. The van der Waals surface area contributed by atoms with Crippen molar-refractivity contribution in [3.8, 4) is 0 Å². The summed E-state index contributed by atoms with van der Waals surface area (Å²) in [4.78, 5) is 17.1. The molecule has 1 aromatic heterocycles. The molecule has 3 fully saturated rings. The third kappa shape index (κ3) is 3.03. The van der Waals surface area contributed by atoms with Gasteiger partial charge >= 0.3 is 0 Å². The van der Waals surface area contributed by atoms with Crippen molar-refractivity contribution in [2.75, 3.05) is 5.32 Å². The average molecular weight is 342 g/mol. The van der Waals surface area contributed by atoms with E-state index in [4.69, 9.17) is 5.73 Å². The summed E-state index contributed by atoms with van der Waals surface area (Å²) in [5.41, 5.74) is 9.28. The number of nitrogens with zero attached hydrogens (tertiary/aromatic N) is 1. The van der Waals surface area contributed by atoms with Crippen molar-refractivity contribution in [3.05, 3.63) is 11.2 Å². The van der Waals surface area contributed by atoms with E-state index in [1.807, 2.05) is 5.51 Å². The summed E-state index contributed by atoms with van der Waals surface area (Å²) in [5, 5.41) is 4.15. The maximum atomic E-state index is 12.6. The zero-order valence-electron chi connectivity index (χ0n) is 12.7. The van der Waals surface area contributed by atoms with Crippen LogP contribution < -0.4 is 11.1 Å². The number of rotatable bonds is 3.